The Balaban J connectivity index is 1.39. The van der Waals surface area contributed by atoms with E-state index in [1.54, 1.807) is 0 Å². The number of likely N-dealkylation sites (N-methyl/N-ethyl adjacent to an activating group) is 1. The number of ketones is 1. The van der Waals surface area contributed by atoms with Crippen LogP contribution in [0.3, 0.4) is 0 Å². The zero-order chi connectivity index (χ0) is 28.7. The number of carbonyl (C=O) groups excluding carboxylic acids is 1. The van der Waals surface area contributed by atoms with Crippen molar-refractivity contribution in [1.82, 2.24) is 9.13 Å². The lowest BCUT2D eigenvalue weighted by atomic mass is 9.74. The normalized spacial score (nSPS) is 22.5. The van der Waals surface area contributed by atoms with Crippen molar-refractivity contribution in [2.24, 2.45) is 11.8 Å². The number of carbonyl (C=O) groups is 1. The highest BCUT2D eigenvalue weighted by Crippen LogP contribution is 2.33. The molecule has 2 aromatic heterocycles. The molecule has 2 aliphatic carbocycles. The van der Waals surface area contributed by atoms with Crippen molar-refractivity contribution < 1.29 is 14.8 Å². The van der Waals surface area contributed by atoms with Crippen molar-refractivity contribution in [1.29, 1.82) is 0 Å². The Hall–Kier alpha value is -3.59. The van der Waals surface area contributed by atoms with Crippen LogP contribution in [0.25, 0.3) is 21.5 Å². The van der Waals surface area contributed by atoms with Crippen molar-refractivity contribution in [2.75, 3.05) is 13.1 Å². The van der Waals surface area contributed by atoms with Crippen LogP contribution in [0.4, 0.5) is 0 Å². The molecule has 0 aliphatic heterocycles. The number of nitrogens with one attached hydrogen (secondary N) is 1. The Bertz CT molecular complexity index is 1640. The van der Waals surface area contributed by atoms with E-state index in [0.717, 1.165) is 38.6 Å². The van der Waals surface area contributed by atoms with Gasteiger partial charge in [0.2, 0.25) is 0 Å². The lowest BCUT2D eigenvalue weighted by Gasteiger charge is -2.38. The molecule has 5 unspecified atom stereocenters. The molecular weight excluding hydrogens is 510 g/mol. The Morgan fingerprint density at radius 2 is 1.52 bits per heavy atom. The number of rotatable bonds is 11. The van der Waals surface area contributed by atoms with E-state index in [-0.39, 0.29) is 57.6 Å². The Labute approximate surface area is 231 Å². The second-order valence-corrected chi connectivity index (χ2v) is 11.3. The molecular formula is C31H37N3O6. The van der Waals surface area contributed by atoms with Crippen LogP contribution in [0.5, 0.6) is 0 Å². The van der Waals surface area contributed by atoms with Crippen LogP contribution in [0.2, 0.25) is 0 Å². The number of hydrogen-bond acceptors (Lipinski definition) is 6. The topological polar surface area (TPSA) is 123 Å². The number of aromatic nitrogens is 2. The third-order valence-electron chi connectivity index (χ3n) is 9.10. The van der Waals surface area contributed by atoms with Crippen LogP contribution in [-0.2, 0) is 11.3 Å². The molecule has 9 nitrogen and oxygen atoms in total. The summed E-state index contributed by atoms with van der Waals surface area (Å²) in [7, 11) is 0. The van der Waals surface area contributed by atoms with E-state index in [9.17, 15) is 29.1 Å². The maximum absolute atomic E-state index is 13.3. The predicted octanol–water partition coefficient (Wildman–Crippen LogP) is 0.736. The molecule has 0 saturated carbocycles. The maximum atomic E-state index is 13.3. The fraction of sp³-hybridized carbons (Fsp3) is 0.516. The molecule has 40 heavy (non-hydrogen) atoms. The summed E-state index contributed by atoms with van der Waals surface area (Å²) in [6, 6.07) is 2.83. The minimum absolute atomic E-state index is 0.0573. The van der Waals surface area contributed by atoms with Crippen molar-refractivity contribution in [3.63, 3.8) is 0 Å². The molecule has 0 spiro atoms. The van der Waals surface area contributed by atoms with Gasteiger partial charge in [-0.3, -0.25) is 33.1 Å². The van der Waals surface area contributed by atoms with E-state index in [1.807, 2.05) is 19.9 Å². The number of hydrogen-bond donors (Lipinski definition) is 1. The van der Waals surface area contributed by atoms with Gasteiger partial charge in [-0.1, -0.05) is 32.8 Å². The second kappa shape index (κ2) is 11.1. The molecule has 2 aliphatic rings. The number of allylic oxidation sites excluding steroid dienone is 3. The van der Waals surface area contributed by atoms with Gasteiger partial charge in [-0.2, -0.15) is 0 Å². The molecule has 0 radical (unpaired) electrons. The van der Waals surface area contributed by atoms with Crippen LogP contribution in [0, 0.1) is 11.8 Å². The minimum atomic E-state index is -0.530. The average molecular weight is 548 g/mol. The van der Waals surface area contributed by atoms with Gasteiger partial charge >= 0.3 is 0 Å². The summed E-state index contributed by atoms with van der Waals surface area (Å²) in [4.78, 5) is 66.1. The largest absolute Gasteiger partial charge is 0.875 e. The van der Waals surface area contributed by atoms with Gasteiger partial charge in [0.25, 0.3) is 22.2 Å². The summed E-state index contributed by atoms with van der Waals surface area (Å²) >= 11 is 0. The monoisotopic (exact) mass is 547 g/mol. The smallest absolute Gasteiger partial charge is 0.261 e. The van der Waals surface area contributed by atoms with E-state index in [4.69, 9.17) is 0 Å². The van der Waals surface area contributed by atoms with Crippen molar-refractivity contribution in [3.05, 3.63) is 77.5 Å². The highest BCUT2D eigenvalue weighted by molar-refractivity contribution is 6.00. The summed E-state index contributed by atoms with van der Waals surface area (Å²) in [5, 5.41) is 12.5. The summed E-state index contributed by atoms with van der Waals surface area (Å²) in [5.41, 5.74) is -1.66. The first-order valence-corrected chi connectivity index (χ1v) is 14.6. The van der Waals surface area contributed by atoms with Crippen molar-refractivity contribution >= 4 is 27.3 Å². The lowest BCUT2D eigenvalue weighted by Crippen LogP contribution is -3.15. The molecule has 3 aromatic rings. The molecule has 0 bridgehead atoms. The molecule has 1 aromatic carbocycles. The summed E-state index contributed by atoms with van der Waals surface area (Å²) in [6.07, 6.45) is 10.0. The predicted molar refractivity (Wildman–Crippen MR) is 152 cm³/mol. The molecule has 0 saturated heterocycles. The van der Waals surface area contributed by atoms with Gasteiger partial charge in [0.15, 0.2) is 5.78 Å². The van der Waals surface area contributed by atoms with Crippen LogP contribution in [-0.4, -0.2) is 34.0 Å². The van der Waals surface area contributed by atoms with Gasteiger partial charge in [0.1, 0.15) is 6.04 Å². The van der Waals surface area contributed by atoms with E-state index >= 15 is 0 Å². The van der Waals surface area contributed by atoms with E-state index in [1.165, 1.54) is 32.2 Å². The van der Waals surface area contributed by atoms with Gasteiger partial charge in [-0.25, -0.2) is 0 Å². The third kappa shape index (κ3) is 4.60. The van der Waals surface area contributed by atoms with Gasteiger partial charge in [0.05, 0.1) is 41.2 Å². The molecule has 5 rings (SSSR count). The van der Waals surface area contributed by atoms with E-state index in [2.05, 4.69) is 13.0 Å². The molecule has 1 N–H and O–H groups in total. The zero-order valence-electron chi connectivity index (χ0n) is 23.4. The Morgan fingerprint density at radius 3 is 2.00 bits per heavy atom. The van der Waals surface area contributed by atoms with Gasteiger partial charge in [-0.05, 0) is 56.4 Å². The molecule has 2 heterocycles. The highest BCUT2D eigenvalue weighted by atomic mass is 16.3. The van der Waals surface area contributed by atoms with Crippen molar-refractivity contribution in [3.8, 4) is 0 Å². The SMILES string of the molecule is CCCCC(CC)n1c(=O)c2cc3c(=O)n(CC[NH+](CC)C4C=CC(C5C(=O)C=C5[O-])CC4)c(=O)c3cc2c1=O. The highest BCUT2D eigenvalue weighted by Gasteiger charge is 2.34. The number of unbranched alkanes of at least 4 members (excludes halogenated alkanes) is 1. The fourth-order valence-corrected chi connectivity index (χ4v) is 6.66. The molecule has 9 heteroatoms. The van der Waals surface area contributed by atoms with Gasteiger partial charge in [-0.15, -0.1) is 5.76 Å². The molecule has 5 atom stereocenters. The number of fused-ring (bicyclic) bond motifs is 2. The summed E-state index contributed by atoms with van der Waals surface area (Å²) in [6.45, 7) is 7.59. The fourth-order valence-electron chi connectivity index (χ4n) is 6.66. The summed E-state index contributed by atoms with van der Waals surface area (Å²) < 4.78 is 2.52. The summed E-state index contributed by atoms with van der Waals surface area (Å²) in [5.74, 6) is -0.769. The van der Waals surface area contributed by atoms with E-state index in [0.29, 0.717) is 13.0 Å². The Kier molecular flexibility index (Phi) is 7.77. The van der Waals surface area contributed by atoms with Gasteiger partial charge < -0.3 is 10.0 Å². The quantitative estimate of drug-likeness (QED) is 0.353. The standard InChI is InChI=1S/C31H37N3O6/c1-4-7-8-19(5-2)34-30(39)23-15-21-22(16-24(23)31(34)40)29(38)33(28(21)37)14-13-32(6-3)20-11-9-18(10-12-20)27-25(35)17-26(27)36/h9,11,15-20,27,35H,4-8,10,12-14H2,1-3H3. The average Bonchev–Trinajstić information content (AvgIpc) is 3.33. The first-order chi connectivity index (χ1) is 19.2. The van der Waals surface area contributed by atoms with Crippen LogP contribution >= 0.6 is 0 Å². The number of benzene rings is 1. The Morgan fingerprint density at radius 1 is 0.900 bits per heavy atom. The van der Waals surface area contributed by atoms with E-state index < -0.39 is 28.2 Å². The minimum Gasteiger partial charge on any atom is -0.875 e. The number of nitrogens with zero attached hydrogens (tertiary/aromatic N) is 2. The second-order valence-electron chi connectivity index (χ2n) is 11.3. The zero-order valence-corrected chi connectivity index (χ0v) is 23.4. The van der Waals surface area contributed by atoms with Crippen molar-refractivity contribution in [2.45, 2.75) is 77.9 Å². The van der Waals surface area contributed by atoms with Crippen LogP contribution < -0.4 is 32.2 Å². The molecule has 0 amide bonds. The molecule has 212 valence electrons. The third-order valence-corrected chi connectivity index (χ3v) is 9.10. The maximum Gasteiger partial charge on any atom is 0.261 e. The lowest BCUT2D eigenvalue weighted by molar-refractivity contribution is -0.918. The van der Waals surface area contributed by atoms with Gasteiger partial charge in [0, 0.05) is 18.4 Å². The number of quaternary nitrogens is 1. The first-order valence-electron chi connectivity index (χ1n) is 14.6. The van der Waals surface area contributed by atoms with Crippen LogP contribution in [0.1, 0.15) is 65.3 Å². The van der Waals surface area contributed by atoms with Crippen LogP contribution in [0.15, 0.2) is 55.3 Å². The first kappa shape index (κ1) is 28.0. The molecule has 0 fully saturated rings.